The molecule has 1 atom stereocenters. The minimum Gasteiger partial charge on any atom is -0.454 e. The Kier molecular flexibility index (Phi) is 4.59. The Morgan fingerprint density at radius 2 is 2.00 bits per heavy atom. The van der Waals surface area contributed by atoms with Crippen LogP contribution in [0.15, 0.2) is 41.3 Å². The van der Waals surface area contributed by atoms with E-state index in [1.54, 1.807) is 33.0 Å². The SMILES string of the molecule is Cc1ccc(C(C)OC(=O)c2ccn(C)c(=O)c2)cc1[N+](=O)[O-]. The number of hydrogen-bond donors (Lipinski definition) is 0. The maximum absolute atomic E-state index is 12.1. The average molecular weight is 316 g/mol. The Bertz CT molecular complexity index is 825. The smallest absolute Gasteiger partial charge is 0.338 e. The molecular weight excluding hydrogens is 300 g/mol. The number of aromatic nitrogens is 1. The Morgan fingerprint density at radius 3 is 2.61 bits per heavy atom. The summed E-state index contributed by atoms with van der Waals surface area (Å²) in [4.78, 5) is 34.1. The van der Waals surface area contributed by atoms with Gasteiger partial charge in [-0.15, -0.1) is 0 Å². The summed E-state index contributed by atoms with van der Waals surface area (Å²) in [5.74, 6) is -0.654. The summed E-state index contributed by atoms with van der Waals surface area (Å²) in [6.45, 7) is 3.26. The maximum atomic E-state index is 12.1. The molecule has 23 heavy (non-hydrogen) atoms. The zero-order valence-corrected chi connectivity index (χ0v) is 13.0. The molecule has 0 radical (unpaired) electrons. The first-order valence-electron chi connectivity index (χ1n) is 6.92. The fourth-order valence-corrected chi connectivity index (χ4v) is 2.05. The second-order valence-electron chi connectivity index (χ2n) is 5.22. The van der Waals surface area contributed by atoms with Crippen LogP contribution in [0.1, 0.15) is 34.5 Å². The van der Waals surface area contributed by atoms with E-state index in [4.69, 9.17) is 4.74 Å². The average Bonchev–Trinajstić information content (AvgIpc) is 2.49. The minimum atomic E-state index is -0.675. The van der Waals surface area contributed by atoms with Gasteiger partial charge in [-0.2, -0.15) is 0 Å². The molecule has 7 heteroatoms. The molecule has 2 rings (SSSR count). The number of nitro benzene ring substituents is 1. The van der Waals surface area contributed by atoms with Crippen LogP contribution in [-0.4, -0.2) is 15.5 Å². The molecule has 2 aromatic rings. The van der Waals surface area contributed by atoms with Crippen molar-refractivity contribution >= 4 is 11.7 Å². The minimum absolute atomic E-state index is 0.0287. The predicted octanol–water partition coefficient (Wildman–Crippen LogP) is 2.52. The van der Waals surface area contributed by atoms with Gasteiger partial charge in [0.1, 0.15) is 6.10 Å². The van der Waals surface area contributed by atoms with Gasteiger partial charge in [0.15, 0.2) is 0 Å². The van der Waals surface area contributed by atoms with Gasteiger partial charge < -0.3 is 9.30 Å². The van der Waals surface area contributed by atoms with Gasteiger partial charge in [-0.05, 0) is 25.5 Å². The molecule has 7 nitrogen and oxygen atoms in total. The molecule has 1 unspecified atom stereocenters. The third-order valence-electron chi connectivity index (χ3n) is 3.52. The molecule has 0 aliphatic rings. The van der Waals surface area contributed by atoms with Crippen molar-refractivity contribution in [1.29, 1.82) is 0 Å². The number of pyridine rings is 1. The number of carbonyl (C=O) groups is 1. The number of nitrogens with zero attached hydrogens (tertiary/aromatic N) is 2. The van der Waals surface area contributed by atoms with Crippen LogP contribution in [0.25, 0.3) is 0 Å². The van der Waals surface area contributed by atoms with Crippen LogP contribution in [0, 0.1) is 17.0 Å². The Balaban J connectivity index is 2.21. The van der Waals surface area contributed by atoms with Gasteiger partial charge in [0.25, 0.3) is 11.2 Å². The Morgan fingerprint density at radius 1 is 1.30 bits per heavy atom. The molecule has 1 heterocycles. The lowest BCUT2D eigenvalue weighted by molar-refractivity contribution is -0.385. The van der Waals surface area contributed by atoms with Crippen molar-refractivity contribution in [2.24, 2.45) is 7.05 Å². The highest BCUT2D eigenvalue weighted by Gasteiger charge is 2.18. The van der Waals surface area contributed by atoms with E-state index in [0.717, 1.165) is 0 Å². The lowest BCUT2D eigenvalue weighted by atomic mass is 10.1. The van der Waals surface area contributed by atoms with Crippen molar-refractivity contribution in [2.45, 2.75) is 20.0 Å². The fraction of sp³-hybridized carbons (Fsp3) is 0.250. The van der Waals surface area contributed by atoms with Crippen molar-refractivity contribution in [2.75, 3.05) is 0 Å². The first-order valence-corrected chi connectivity index (χ1v) is 6.92. The number of rotatable bonds is 4. The molecule has 0 saturated carbocycles. The summed E-state index contributed by atoms with van der Waals surface area (Å²) in [5.41, 5.74) is 0.835. The molecule has 0 saturated heterocycles. The van der Waals surface area contributed by atoms with E-state index >= 15 is 0 Å². The van der Waals surface area contributed by atoms with Crippen LogP contribution in [0.4, 0.5) is 5.69 Å². The second kappa shape index (κ2) is 6.43. The number of nitro groups is 1. The largest absolute Gasteiger partial charge is 0.454 e. The van der Waals surface area contributed by atoms with Crippen molar-refractivity contribution < 1.29 is 14.5 Å². The number of ether oxygens (including phenoxy) is 1. The monoisotopic (exact) mass is 316 g/mol. The molecule has 0 aliphatic heterocycles. The zero-order chi connectivity index (χ0) is 17.1. The van der Waals surface area contributed by atoms with Crippen molar-refractivity contribution in [3.05, 3.63) is 73.7 Å². The highest BCUT2D eigenvalue weighted by molar-refractivity contribution is 5.89. The van der Waals surface area contributed by atoms with Crippen molar-refractivity contribution in [3.8, 4) is 0 Å². The van der Waals surface area contributed by atoms with E-state index in [9.17, 15) is 19.7 Å². The zero-order valence-electron chi connectivity index (χ0n) is 13.0. The van der Waals surface area contributed by atoms with Crippen LogP contribution in [0.2, 0.25) is 0 Å². The lowest BCUT2D eigenvalue weighted by Crippen LogP contribution is -2.18. The molecule has 1 aromatic heterocycles. The molecule has 1 aromatic carbocycles. The standard InChI is InChI=1S/C16H16N2O5/c1-10-4-5-12(8-14(10)18(21)22)11(2)23-16(20)13-6-7-17(3)15(19)9-13/h4-9,11H,1-3H3. The summed E-state index contributed by atoms with van der Waals surface area (Å²) in [6.07, 6.45) is 0.797. The number of carbonyl (C=O) groups excluding carboxylic acids is 1. The fourth-order valence-electron chi connectivity index (χ4n) is 2.05. The van der Waals surface area contributed by atoms with Crippen molar-refractivity contribution in [3.63, 3.8) is 0 Å². The second-order valence-corrected chi connectivity index (χ2v) is 5.22. The van der Waals surface area contributed by atoms with E-state index < -0.39 is 17.0 Å². The van der Waals surface area contributed by atoms with Gasteiger partial charge in [0.05, 0.1) is 10.5 Å². The van der Waals surface area contributed by atoms with Gasteiger partial charge in [0, 0.05) is 30.9 Å². The van der Waals surface area contributed by atoms with Gasteiger partial charge in [-0.25, -0.2) is 4.79 Å². The van der Waals surface area contributed by atoms with Gasteiger partial charge in [-0.3, -0.25) is 14.9 Å². The third-order valence-corrected chi connectivity index (χ3v) is 3.52. The van der Waals surface area contributed by atoms with Crippen LogP contribution in [-0.2, 0) is 11.8 Å². The summed E-state index contributed by atoms with van der Waals surface area (Å²) in [6, 6.07) is 7.33. The van der Waals surface area contributed by atoms with E-state index in [1.807, 2.05) is 0 Å². The quantitative estimate of drug-likeness (QED) is 0.491. The lowest BCUT2D eigenvalue weighted by Gasteiger charge is -2.14. The molecule has 0 spiro atoms. The van der Waals surface area contributed by atoms with E-state index in [1.165, 1.54) is 29.0 Å². The number of esters is 1. The van der Waals surface area contributed by atoms with Crippen LogP contribution in [0.5, 0.6) is 0 Å². The van der Waals surface area contributed by atoms with Crippen LogP contribution >= 0.6 is 0 Å². The summed E-state index contributed by atoms with van der Waals surface area (Å²) in [5, 5.41) is 11.0. The van der Waals surface area contributed by atoms with E-state index in [-0.39, 0.29) is 16.8 Å². The summed E-state index contributed by atoms with van der Waals surface area (Å²) < 4.78 is 6.62. The summed E-state index contributed by atoms with van der Waals surface area (Å²) >= 11 is 0. The highest BCUT2D eigenvalue weighted by atomic mass is 16.6. The summed E-state index contributed by atoms with van der Waals surface area (Å²) in [7, 11) is 1.57. The third kappa shape index (κ3) is 3.63. The topological polar surface area (TPSA) is 91.4 Å². The van der Waals surface area contributed by atoms with E-state index in [2.05, 4.69) is 0 Å². The van der Waals surface area contributed by atoms with Gasteiger partial charge in [-0.1, -0.05) is 12.1 Å². The predicted molar refractivity (Wildman–Crippen MR) is 83.3 cm³/mol. The number of benzene rings is 1. The number of hydrogen-bond acceptors (Lipinski definition) is 5. The first kappa shape index (κ1) is 16.4. The molecular formula is C16H16N2O5. The normalized spacial score (nSPS) is 11.8. The molecule has 0 fully saturated rings. The molecule has 0 N–H and O–H groups in total. The first-order chi connectivity index (χ1) is 10.8. The molecule has 0 aliphatic carbocycles. The maximum Gasteiger partial charge on any atom is 0.338 e. The molecule has 120 valence electrons. The van der Waals surface area contributed by atoms with Crippen LogP contribution < -0.4 is 5.56 Å². The molecule has 0 bridgehead atoms. The Labute approximate surface area is 132 Å². The number of aryl methyl sites for hydroxylation is 2. The van der Waals surface area contributed by atoms with E-state index in [0.29, 0.717) is 11.1 Å². The van der Waals surface area contributed by atoms with Gasteiger partial charge >= 0.3 is 5.97 Å². The molecule has 0 amide bonds. The van der Waals surface area contributed by atoms with Crippen molar-refractivity contribution in [1.82, 2.24) is 4.57 Å². The highest BCUT2D eigenvalue weighted by Crippen LogP contribution is 2.25. The van der Waals surface area contributed by atoms with Crippen LogP contribution in [0.3, 0.4) is 0 Å². The Hall–Kier alpha value is -2.96. The van der Waals surface area contributed by atoms with Gasteiger partial charge in [0.2, 0.25) is 0 Å².